The Morgan fingerprint density at radius 2 is 2.39 bits per heavy atom. The van der Waals surface area contributed by atoms with E-state index in [9.17, 15) is 5.11 Å². The first kappa shape index (κ1) is 13.3. The van der Waals surface area contributed by atoms with Gasteiger partial charge in [-0.05, 0) is 41.2 Å². The maximum Gasteiger partial charge on any atom is 0.169 e. The molecule has 18 heavy (non-hydrogen) atoms. The lowest BCUT2D eigenvalue weighted by molar-refractivity contribution is 0.101. The number of aliphatic hydroxyl groups excluding tert-OH is 1. The Morgan fingerprint density at radius 3 is 3.00 bits per heavy atom. The van der Waals surface area contributed by atoms with E-state index >= 15 is 0 Å². The predicted molar refractivity (Wildman–Crippen MR) is 71.0 cm³/mol. The molecule has 0 saturated carbocycles. The summed E-state index contributed by atoms with van der Waals surface area (Å²) in [4.78, 5) is 2.01. The molecule has 5 nitrogen and oxygen atoms in total. The number of nitrogens with zero attached hydrogens (tertiary/aromatic N) is 3. The van der Waals surface area contributed by atoms with Crippen LogP contribution in [-0.2, 0) is 13.1 Å². The van der Waals surface area contributed by atoms with Crippen LogP contribution in [-0.4, -0.2) is 39.5 Å². The molecular formula is C12H16BrN3O2. The van der Waals surface area contributed by atoms with Crippen molar-refractivity contribution in [2.45, 2.75) is 19.2 Å². The van der Waals surface area contributed by atoms with E-state index in [2.05, 4.69) is 21.0 Å². The van der Waals surface area contributed by atoms with Crippen LogP contribution in [0.2, 0.25) is 0 Å². The summed E-state index contributed by atoms with van der Waals surface area (Å²) < 4.78 is 7.87. The number of rotatable bonds is 6. The predicted octanol–water partition coefficient (Wildman–Crippen LogP) is 1.73. The highest BCUT2D eigenvalue weighted by atomic mass is 79.9. The molecule has 0 aromatic carbocycles. The molecule has 2 aromatic heterocycles. The zero-order valence-corrected chi connectivity index (χ0v) is 11.7. The van der Waals surface area contributed by atoms with E-state index in [0.717, 1.165) is 10.4 Å². The number of hydrogen-bond donors (Lipinski definition) is 1. The molecule has 0 radical (unpaired) electrons. The lowest BCUT2D eigenvalue weighted by atomic mass is 10.3. The molecule has 0 aliphatic carbocycles. The minimum absolute atomic E-state index is 0.451. The van der Waals surface area contributed by atoms with E-state index < -0.39 is 6.10 Å². The van der Waals surface area contributed by atoms with Gasteiger partial charge in [0.15, 0.2) is 4.67 Å². The van der Waals surface area contributed by atoms with Gasteiger partial charge >= 0.3 is 0 Å². The van der Waals surface area contributed by atoms with Crippen molar-refractivity contribution in [1.29, 1.82) is 0 Å². The Bertz CT molecular complexity index is 469. The van der Waals surface area contributed by atoms with Crippen LogP contribution in [0, 0.1) is 0 Å². The van der Waals surface area contributed by atoms with E-state index in [1.54, 1.807) is 10.9 Å². The number of aliphatic hydroxyl groups is 1. The summed E-state index contributed by atoms with van der Waals surface area (Å²) in [6.45, 7) is 1.74. The number of hydrogen-bond acceptors (Lipinski definition) is 4. The molecule has 0 spiro atoms. The Morgan fingerprint density at radius 1 is 1.56 bits per heavy atom. The van der Waals surface area contributed by atoms with E-state index in [4.69, 9.17) is 4.42 Å². The van der Waals surface area contributed by atoms with Crippen LogP contribution in [0.25, 0.3) is 0 Å². The van der Waals surface area contributed by atoms with Crippen LogP contribution in [0.15, 0.2) is 39.7 Å². The Balaban J connectivity index is 1.78. The molecule has 2 aromatic rings. The molecule has 2 heterocycles. The van der Waals surface area contributed by atoms with Gasteiger partial charge in [0.2, 0.25) is 0 Å². The molecule has 1 unspecified atom stereocenters. The van der Waals surface area contributed by atoms with Gasteiger partial charge in [-0.15, -0.1) is 0 Å². The van der Waals surface area contributed by atoms with Crippen molar-refractivity contribution < 1.29 is 9.52 Å². The van der Waals surface area contributed by atoms with Crippen LogP contribution in [0.3, 0.4) is 0 Å². The van der Waals surface area contributed by atoms with Crippen molar-refractivity contribution in [3.63, 3.8) is 0 Å². The van der Waals surface area contributed by atoms with Gasteiger partial charge < -0.3 is 9.52 Å². The van der Waals surface area contributed by atoms with E-state index in [1.807, 2.05) is 36.3 Å². The number of likely N-dealkylation sites (N-methyl/N-ethyl adjacent to an activating group) is 1. The Kier molecular flexibility index (Phi) is 4.57. The molecule has 0 aliphatic rings. The van der Waals surface area contributed by atoms with Gasteiger partial charge in [-0.25, -0.2) is 0 Å². The fourth-order valence-corrected chi connectivity index (χ4v) is 2.15. The number of furan rings is 1. The quantitative estimate of drug-likeness (QED) is 0.882. The lowest BCUT2D eigenvalue weighted by Crippen LogP contribution is -2.31. The highest BCUT2D eigenvalue weighted by Crippen LogP contribution is 2.15. The summed E-state index contributed by atoms with van der Waals surface area (Å²) in [5.74, 6) is 0.871. The summed E-state index contributed by atoms with van der Waals surface area (Å²) >= 11 is 3.27. The third-order valence-corrected chi connectivity index (χ3v) is 2.96. The molecule has 0 fully saturated rings. The molecule has 2 rings (SSSR count). The largest absolute Gasteiger partial charge is 0.453 e. The first-order chi connectivity index (χ1) is 8.63. The van der Waals surface area contributed by atoms with Gasteiger partial charge in [0.25, 0.3) is 0 Å². The van der Waals surface area contributed by atoms with Crippen molar-refractivity contribution in [2.24, 2.45) is 0 Å². The monoisotopic (exact) mass is 313 g/mol. The molecule has 98 valence electrons. The smallest absolute Gasteiger partial charge is 0.169 e. The molecule has 1 N–H and O–H groups in total. The van der Waals surface area contributed by atoms with Crippen LogP contribution in [0.5, 0.6) is 0 Å². The van der Waals surface area contributed by atoms with Crippen molar-refractivity contribution in [3.05, 3.63) is 41.0 Å². The van der Waals surface area contributed by atoms with Crippen molar-refractivity contribution in [1.82, 2.24) is 14.7 Å². The summed E-state index contributed by atoms with van der Waals surface area (Å²) in [5.41, 5.74) is 0. The van der Waals surface area contributed by atoms with Crippen LogP contribution >= 0.6 is 15.9 Å². The molecule has 6 heteroatoms. The SMILES string of the molecule is CN(Cc1ccc(Br)o1)CC(O)Cn1cccn1. The second kappa shape index (κ2) is 6.17. The maximum atomic E-state index is 9.93. The van der Waals surface area contributed by atoms with Crippen LogP contribution in [0.1, 0.15) is 5.76 Å². The molecule has 1 atom stereocenters. The fourth-order valence-electron chi connectivity index (χ4n) is 1.81. The number of halogens is 1. The molecule has 0 saturated heterocycles. The van der Waals surface area contributed by atoms with Gasteiger partial charge in [-0.3, -0.25) is 9.58 Å². The van der Waals surface area contributed by atoms with Gasteiger partial charge in [0.1, 0.15) is 5.76 Å². The van der Waals surface area contributed by atoms with Gasteiger partial charge in [-0.1, -0.05) is 0 Å². The highest BCUT2D eigenvalue weighted by Gasteiger charge is 2.11. The normalized spacial score (nSPS) is 13.1. The summed E-state index contributed by atoms with van der Waals surface area (Å²) in [6, 6.07) is 5.63. The zero-order valence-electron chi connectivity index (χ0n) is 10.2. The van der Waals surface area contributed by atoms with E-state index in [0.29, 0.717) is 19.6 Å². The summed E-state index contributed by atoms with van der Waals surface area (Å²) in [5, 5.41) is 14.0. The third kappa shape index (κ3) is 3.97. The van der Waals surface area contributed by atoms with Crippen molar-refractivity contribution in [2.75, 3.05) is 13.6 Å². The minimum atomic E-state index is -0.451. The van der Waals surface area contributed by atoms with Crippen LogP contribution in [0.4, 0.5) is 0 Å². The van der Waals surface area contributed by atoms with Gasteiger partial charge in [0.05, 0.1) is 19.2 Å². The summed E-state index contributed by atoms with van der Waals surface area (Å²) in [7, 11) is 1.95. The lowest BCUT2D eigenvalue weighted by Gasteiger charge is -2.19. The second-order valence-corrected chi connectivity index (χ2v) is 5.07. The average Bonchev–Trinajstić information content (AvgIpc) is 2.90. The third-order valence-electron chi connectivity index (χ3n) is 2.53. The van der Waals surface area contributed by atoms with Crippen molar-refractivity contribution >= 4 is 15.9 Å². The average molecular weight is 314 g/mol. The topological polar surface area (TPSA) is 54.4 Å². The first-order valence-corrected chi connectivity index (χ1v) is 6.51. The molecule has 0 bridgehead atoms. The molecular weight excluding hydrogens is 298 g/mol. The van der Waals surface area contributed by atoms with Crippen LogP contribution < -0.4 is 0 Å². The standard InChI is InChI=1S/C12H16BrN3O2/c1-15(9-11-3-4-12(13)18-11)7-10(17)8-16-6-2-5-14-16/h2-6,10,17H,7-9H2,1H3. The first-order valence-electron chi connectivity index (χ1n) is 5.72. The molecule has 0 aliphatic heterocycles. The molecule has 0 amide bonds. The van der Waals surface area contributed by atoms with Gasteiger partial charge in [0, 0.05) is 18.9 Å². The number of aromatic nitrogens is 2. The maximum absolute atomic E-state index is 9.93. The zero-order chi connectivity index (χ0) is 13.0. The van der Waals surface area contributed by atoms with Crippen molar-refractivity contribution in [3.8, 4) is 0 Å². The Labute approximate surface area is 114 Å². The second-order valence-electron chi connectivity index (χ2n) is 4.28. The summed E-state index contributed by atoms with van der Waals surface area (Å²) in [6.07, 6.45) is 3.09. The van der Waals surface area contributed by atoms with E-state index in [1.165, 1.54) is 0 Å². The highest BCUT2D eigenvalue weighted by molar-refractivity contribution is 9.10. The minimum Gasteiger partial charge on any atom is -0.453 e. The fraction of sp³-hybridized carbons (Fsp3) is 0.417. The van der Waals surface area contributed by atoms with Gasteiger partial charge in [-0.2, -0.15) is 5.10 Å². The Hall–Kier alpha value is -1.11. The van der Waals surface area contributed by atoms with E-state index in [-0.39, 0.29) is 0 Å².